The first-order valence-corrected chi connectivity index (χ1v) is 14.7. The topological polar surface area (TPSA) is 86.8 Å². The zero-order chi connectivity index (χ0) is 28.7. The van der Waals surface area contributed by atoms with Crippen LogP contribution in [0.2, 0.25) is 5.02 Å². The van der Waals surface area contributed by atoms with E-state index in [9.17, 15) is 18.0 Å². The highest BCUT2D eigenvalue weighted by Gasteiger charge is 2.32. The molecule has 2 amide bonds. The maximum absolute atomic E-state index is 13.9. The van der Waals surface area contributed by atoms with Crippen molar-refractivity contribution < 1.29 is 18.0 Å². The molecule has 0 fully saturated rings. The largest absolute Gasteiger partial charge is 0.352 e. The number of aryl methyl sites for hydroxylation is 2. The van der Waals surface area contributed by atoms with E-state index in [1.807, 2.05) is 52.0 Å². The SMILES string of the molecule is CC[C@H](C)NC(=O)[C@H](C)N(Cc1ccc(C)cc1)C(=O)CN(c1ccc(C)cc1)S(=O)(=O)c1ccc(Cl)cc1. The number of carbonyl (C=O) groups excluding carboxylic acids is 2. The Morgan fingerprint density at radius 2 is 1.41 bits per heavy atom. The van der Waals surface area contributed by atoms with Crippen LogP contribution in [0.15, 0.2) is 77.7 Å². The highest BCUT2D eigenvalue weighted by Crippen LogP contribution is 2.26. The van der Waals surface area contributed by atoms with Gasteiger partial charge in [-0.15, -0.1) is 0 Å². The number of carbonyl (C=O) groups is 2. The molecule has 0 bridgehead atoms. The first-order valence-electron chi connectivity index (χ1n) is 12.9. The predicted octanol–water partition coefficient (Wildman–Crippen LogP) is 5.48. The first kappa shape index (κ1) is 30.2. The average molecular weight is 570 g/mol. The third-order valence-corrected chi connectivity index (χ3v) is 8.68. The summed E-state index contributed by atoms with van der Waals surface area (Å²) in [6, 6.07) is 19.5. The van der Waals surface area contributed by atoms with Crippen LogP contribution >= 0.6 is 11.6 Å². The summed E-state index contributed by atoms with van der Waals surface area (Å²) in [5, 5.41) is 3.34. The standard InChI is InChI=1S/C30H36ClN3O4S/c1-6-23(4)32-30(36)24(5)33(19-25-11-7-21(2)8-12-25)29(35)20-34(27-15-9-22(3)10-16-27)39(37,38)28-17-13-26(31)14-18-28/h7-18,23-24H,6,19-20H2,1-5H3,(H,32,36)/t23-,24-/m0/s1. The predicted molar refractivity (Wildman–Crippen MR) is 156 cm³/mol. The summed E-state index contributed by atoms with van der Waals surface area (Å²) in [7, 11) is -4.13. The van der Waals surface area contributed by atoms with E-state index in [1.165, 1.54) is 29.2 Å². The quantitative estimate of drug-likeness (QED) is 0.331. The molecule has 2 atom stereocenters. The fourth-order valence-corrected chi connectivity index (χ4v) is 5.45. The van der Waals surface area contributed by atoms with Crippen molar-refractivity contribution in [1.29, 1.82) is 0 Å². The molecule has 0 saturated carbocycles. The number of halogens is 1. The lowest BCUT2D eigenvalue weighted by Crippen LogP contribution is -2.52. The van der Waals surface area contributed by atoms with Crippen LogP contribution in [0.25, 0.3) is 0 Å². The highest BCUT2D eigenvalue weighted by atomic mass is 35.5. The molecule has 3 aromatic carbocycles. The smallest absolute Gasteiger partial charge is 0.264 e. The lowest BCUT2D eigenvalue weighted by Gasteiger charge is -2.32. The monoisotopic (exact) mass is 569 g/mol. The van der Waals surface area contributed by atoms with Gasteiger partial charge < -0.3 is 10.2 Å². The normalized spacial score (nSPS) is 12.9. The molecule has 0 unspecified atom stereocenters. The number of nitrogens with zero attached hydrogens (tertiary/aromatic N) is 2. The Labute approximate surface area is 236 Å². The minimum Gasteiger partial charge on any atom is -0.352 e. The summed E-state index contributed by atoms with van der Waals surface area (Å²) < 4.78 is 28.7. The maximum atomic E-state index is 13.9. The van der Waals surface area contributed by atoms with Crippen molar-refractivity contribution in [3.8, 4) is 0 Å². The van der Waals surface area contributed by atoms with Crippen molar-refractivity contribution in [2.45, 2.75) is 64.6 Å². The zero-order valence-electron chi connectivity index (χ0n) is 23.0. The molecule has 0 aliphatic carbocycles. The second-order valence-corrected chi connectivity index (χ2v) is 12.1. The number of benzene rings is 3. The molecule has 9 heteroatoms. The molecule has 0 radical (unpaired) electrons. The number of hydrogen-bond acceptors (Lipinski definition) is 4. The van der Waals surface area contributed by atoms with E-state index in [0.29, 0.717) is 10.7 Å². The van der Waals surface area contributed by atoms with Crippen molar-refractivity contribution in [1.82, 2.24) is 10.2 Å². The van der Waals surface area contributed by atoms with Crippen LogP contribution in [0, 0.1) is 13.8 Å². The molecule has 7 nitrogen and oxygen atoms in total. The second kappa shape index (κ2) is 13.1. The van der Waals surface area contributed by atoms with Gasteiger partial charge in [0.15, 0.2) is 0 Å². The Hall–Kier alpha value is -3.36. The zero-order valence-corrected chi connectivity index (χ0v) is 24.6. The van der Waals surface area contributed by atoms with E-state index in [-0.39, 0.29) is 23.4 Å². The van der Waals surface area contributed by atoms with Crippen LogP contribution in [-0.2, 0) is 26.2 Å². The van der Waals surface area contributed by atoms with Crippen LogP contribution in [0.4, 0.5) is 5.69 Å². The molecule has 0 spiro atoms. The van der Waals surface area contributed by atoms with Crippen molar-refractivity contribution >= 4 is 39.1 Å². The molecule has 3 aromatic rings. The summed E-state index contributed by atoms with van der Waals surface area (Å²) in [6.45, 7) is 9.05. The van der Waals surface area contributed by atoms with Gasteiger partial charge in [0.05, 0.1) is 10.6 Å². The van der Waals surface area contributed by atoms with Gasteiger partial charge in [0.25, 0.3) is 10.0 Å². The number of rotatable bonds is 11. The first-order chi connectivity index (χ1) is 18.4. The summed E-state index contributed by atoms with van der Waals surface area (Å²) in [5.74, 6) is -0.798. The van der Waals surface area contributed by atoms with E-state index in [1.54, 1.807) is 31.2 Å². The maximum Gasteiger partial charge on any atom is 0.264 e. The van der Waals surface area contributed by atoms with Crippen LogP contribution in [0.3, 0.4) is 0 Å². The fraction of sp³-hybridized carbons (Fsp3) is 0.333. The third-order valence-electron chi connectivity index (χ3n) is 6.64. The molecule has 208 valence electrons. The molecular formula is C30H36ClN3O4S. The minimum atomic E-state index is -4.13. The van der Waals surface area contributed by atoms with Gasteiger partial charge >= 0.3 is 0 Å². The lowest BCUT2D eigenvalue weighted by molar-refractivity contribution is -0.139. The molecule has 39 heavy (non-hydrogen) atoms. The minimum absolute atomic E-state index is 0.00733. The number of anilines is 1. The van der Waals surface area contributed by atoms with E-state index in [4.69, 9.17) is 11.6 Å². The van der Waals surface area contributed by atoms with Gasteiger partial charge in [-0.3, -0.25) is 13.9 Å². The van der Waals surface area contributed by atoms with Gasteiger partial charge in [-0.05, 0) is 76.1 Å². The number of sulfonamides is 1. The van der Waals surface area contributed by atoms with Gasteiger partial charge in [0.1, 0.15) is 12.6 Å². The summed E-state index contributed by atoms with van der Waals surface area (Å²) in [6.07, 6.45) is 0.741. The third kappa shape index (κ3) is 7.83. The number of nitrogens with one attached hydrogen (secondary N) is 1. The van der Waals surface area contributed by atoms with Crippen LogP contribution in [0.1, 0.15) is 43.9 Å². The van der Waals surface area contributed by atoms with Crippen LogP contribution in [0.5, 0.6) is 0 Å². The summed E-state index contributed by atoms with van der Waals surface area (Å²) >= 11 is 5.99. The summed E-state index contributed by atoms with van der Waals surface area (Å²) in [4.78, 5) is 28.5. The van der Waals surface area contributed by atoms with Gasteiger partial charge in [-0.25, -0.2) is 8.42 Å². The molecule has 0 saturated heterocycles. The molecule has 0 aliphatic heterocycles. The van der Waals surface area contributed by atoms with Crippen molar-refractivity contribution in [3.05, 3.63) is 94.5 Å². The lowest BCUT2D eigenvalue weighted by atomic mass is 10.1. The average Bonchev–Trinajstić information content (AvgIpc) is 2.91. The highest BCUT2D eigenvalue weighted by molar-refractivity contribution is 7.92. The Bertz CT molecular complexity index is 1380. The van der Waals surface area contributed by atoms with E-state index in [0.717, 1.165) is 27.4 Å². The number of amides is 2. The Kier molecular flexibility index (Phi) is 10.2. The van der Waals surface area contributed by atoms with Crippen molar-refractivity contribution in [2.75, 3.05) is 10.8 Å². The van der Waals surface area contributed by atoms with Gasteiger partial charge in [-0.2, -0.15) is 0 Å². The van der Waals surface area contributed by atoms with Crippen molar-refractivity contribution in [3.63, 3.8) is 0 Å². The molecular weight excluding hydrogens is 534 g/mol. The Morgan fingerprint density at radius 1 is 0.872 bits per heavy atom. The van der Waals surface area contributed by atoms with Gasteiger partial charge in [0.2, 0.25) is 11.8 Å². The summed E-state index contributed by atoms with van der Waals surface area (Å²) in [5.41, 5.74) is 3.19. The van der Waals surface area contributed by atoms with Gasteiger partial charge in [-0.1, -0.05) is 66.0 Å². The van der Waals surface area contributed by atoms with Crippen molar-refractivity contribution in [2.24, 2.45) is 0 Å². The molecule has 3 rings (SSSR count). The van der Waals surface area contributed by atoms with E-state index in [2.05, 4.69) is 5.32 Å². The van der Waals surface area contributed by atoms with E-state index >= 15 is 0 Å². The molecule has 0 aliphatic rings. The Morgan fingerprint density at radius 3 is 1.95 bits per heavy atom. The number of hydrogen-bond donors (Lipinski definition) is 1. The van der Waals surface area contributed by atoms with Crippen LogP contribution < -0.4 is 9.62 Å². The van der Waals surface area contributed by atoms with E-state index < -0.39 is 28.5 Å². The molecule has 1 N–H and O–H groups in total. The molecule has 0 heterocycles. The van der Waals surface area contributed by atoms with Crippen LogP contribution in [-0.4, -0.2) is 43.8 Å². The second-order valence-electron chi connectivity index (χ2n) is 9.80. The fourth-order valence-electron chi connectivity index (χ4n) is 3.91. The Balaban J connectivity index is 2.01. The van der Waals surface area contributed by atoms with Gasteiger partial charge in [0, 0.05) is 17.6 Å². The molecule has 0 aromatic heterocycles.